The van der Waals surface area contributed by atoms with Gasteiger partial charge in [0.15, 0.2) is 5.78 Å². The van der Waals surface area contributed by atoms with E-state index < -0.39 is 61.6 Å². The predicted molar refractivity (Wildman–Crippen MR) is 209 cm³/mol. The minimum atomic E-state index is -3.96. The Bertz CT molecular complexity index is 1970. The van der Waals surface area contributed by atoms with Gasteiger partial charge < -0.3 is 23.8 Å². The molecule has 1 saturated heterocycles. The first-order valence-electron chi connectivity index (χ1n) is 19.8. The number of Topliss-reactive ketones (excluding diaryl/α,β-unsaturated/α-hetero) is 1. The monoisotopic (exact) mass is 795 g/mol. The summed E-state index contributed by atoms with van der Waals surface area (Å²) in [6.07, 6.45) is 7.80. The summed E-state index contributed by atoms with van der Waals surface area (Å²) < 4.78 is 51.1. The Morgan fingerprint density at radius 1 is 1.09 bits per heavy atom. The summed E-state index contributed by atoms with van der Waals surface area (Å²) in [5, 5.41) is 1.56. The second-order valence-electron chi connectivity index (χ2n) is 17.6. The number of rotatable bonds is 10. The van der Waals surface area contributed by atoms with Gasteiger partial charge >= 0.3 is 5.97 Å². The van der Waals surface area contributed by atoms with Gasteiger partial charge in [-0.1, -0.05) is 19.1 Å². The SMILES string of the molecule is COC[C@@H]1C[C@H](C)CC/C=C\[C@@H]2C[C@@]2(C(=O)NS(=O)(=O)C2(C)CC2)CC(=O)[C@@H]2C[C@@H](Oc3nccc4cc(OC)ccc34)CN2C(=O)[C@H]1CC(=O)OC(C)(C)C. The molecule has 2 aliphatic heterocycles. The summed E-state index contributed by atoms with van der Waals surface area (Å²) in [5.74, 6) is -2.43. The van der Waals surface area contributed by atoms with Crippen molar-refractivity contribution in [2.24, 2.45) is 29.1 Å². The average molecular weight is 796 g/mol. The van der Waals surface area contributed by atoms with Crippen LogP contribution in [-0.4, -0.2) is 91.7 Å². The fraction of sp³-hybridized carbons (Fsp3) is 0.643. The van der Waals surface area contributed by atoms with Crippen molar-refractivity contribution in [2.45, 2.75) is 115 Å². The summed E-state index contributed by atoms with van der Waals surface area (Å²) in [4.78, 5) is 63.2. The summed E-state index contributed by atoms with van der Waals surface area (Å²) in [6.45, 7) is 9.27. The topological polar surface area (TPSA) is 167 Å². The molecule has 1 aromatic carbocycles. The summed E-state index contributed by atoms with van der Waals surface area (Å²) in [6, 6.07) is 6.33. The lowest BCUT2D eigenvalue weighted by Gasteiger charge is -2.33. The second kappa shape index (κ2) is 16.1. The standard InChI is InChI=1S/C42H57N3O10S/c1-26-10-8-9-11-29-22-42(29,39(49)44-56(50,51)41(5)15-16-41)23-35(46)34-20-31(54-37-32-13-12-30(53-7)19-27(32)14-17-43-37)24-45(34)38(48)33(28(18-26)25-52-6)21-36(47)55-40(2,3)4/h9,11-14,17,19,26,28-29,31,33-34H,8,10,15-16,18,20-25H2,1-7H3,(H,44,49)/b11-9-/t26-,28+,29-,31-,33+,34+,42-/m1/s1. The third-order valence-electron chi connectivity index (χ3n) is 12.0. The molecule has 2 aromatic rings. The largest absolute Gasteiger partial charge is 0.497 e. The number of methoxy groups -OCH3 is 2. The van der Waals surface area contributed by atoms with Crippen molar-refractivity contribution in [3.63, 3.8) is 0 Å². The number of allylic oxidation sites excluding steroid dienone is 2. The molecule has 7 atom stereocenters. The molecule has 13 nitrogen and oxygen atoms in total. The molecule has 306 valence electrons. The summed E-state index contributed by atoms with van der Waals surface area (Å²) >= 11 is 0. The summed E-state index contributed by atoms with van der Waals surface area (Å²) in [5.41, 5.74) is -2.06. The fourth-order valence-corrected chi connectivity index (χ4v) is 9.69. The van der Waals surface area contributed by atoms with Crippen molar-refractivity contribution in [3.8, 4) is 11.6 Å². The molecule has 3 heterocycles. The molecule has 0 bridgehead atoms. The first kappa shape index (κ1) is 41.6. The Morgan fingerprint density at radius 2 is 1.84 bits per heavy atom. The van der Waals surface area contributed by atoms with Crippen molar-refractivity contribution in [3.05, 3.63) is 42.6 Å². The molecule has 4 aliphatic rings. The quantitative estimate of drug-likeness (QED) is 0.237. The first-order valence-corrected chi connectivity index (χ1v) is 21.2. The zero-order chi connectivity index (χ0) is 40.6. The third kappa shape index (κ3) is 9.06. The smallest absolute Gasteiger partial charge is 0.307 e. The van der Waals surface area contributed by atoms with Crippen LogP contribution < -0.4 is 14.2 Å². The number of carbonyl (C=O) groups is 4. The van der Waals surface area contributed by atoms with Crippen LogP contribution in [-0.2, 0) is 38.7 Å². The van der Waals surface area contributed by atoms with E-state index in [0.29, 0.717) is 43.7 Å². The van der Waals surface area contributed by atoms with Crippen LogP contribution in [0.4, 0.5) is 0 Å². The van der Waals surface area contributed by atoms with Crippen LogP contribution in [0.15, 0.2) is 42.6 Å². The Morgan fingerprint density at radius 3 is 2.52 bits per heavy atom. The molecule has 2 aliphatic carbocycles. The number of carbonyl (C=O) groups excluding carboxylic acids is 4. The molecule has 3 fully saturated rings. The van der Waals surface area contributed by atoms with Crippen LogP contribution in [0.3, 0.4) is 0 Å². The van der Waals surface area contributed by atoms with Gasteiger partial charge in [-0.2, -0.15) is 0 Å². The van der Waals surface area contributed by atoms with Gasteiger partial charge in [-0.25, -0.2) is 13.4 Å². The van der Waals surface area contributed by atoms with E-state index in [1.54, 1.807) is 54.2 Å². The molecular formula is C42H57N3O10S. The van der Waals surface area contributed by atoms with E-state index in [2.05, 4.69) is 16.6 Å². The van der Waals surface area contributed by atoms with Crippen LogP contribution in [0.5, 0.6) is 11.6 Å². The Hall–Kier alpha value is -4.04. The van der Waals surface area contributed by atoms with Gasteiger partial charge in [-0.3, -0.25) is 23.9 Å². The molecule has 0 spiro atoms. The van der Waals surface area contributed by atoms with Crippen molar-refractivity contribution < 1.29 is 46.5 Å². The number of amides is 2. The van der Waals surface area contributed by atoms with Gasteiger partial charge in [0.2, 0.25) is 27.7 Å². The Kier molecular flexibility index (Phi) is 11.9. The molecule has 6 rings (SSSR count). The average Bonchev–Trinajstić information content (AvgIpc) is 4.01. The maximum atomic E-state index is 15.0. The van der Waals surface area contributed by atoms with Gasteiger partial charge in [0.25, 0.3) is 0 Å². The van der Waals surface area contributed by atoms with Crippen LogP contribution in [0.25, 0.3) is 10.8 Å². The molecule has 1 aromatic heterocycles. The maximum absolute atomic E-state index is 15.0. The van der Waals surface area contributed by atoms with Gasteiger partial charge in [-0.15, -0.1) is 0 Å². The number of esters is 1. The number of hydrogen-bond acceptors (Lipinski definition) is 11. The van der Waals surface area contributed by atoms with Crippen molar-refractivity contribution in [1.82, 2.24) is 14.6 Å². The highest BCUT2D eigenvalue weighted by Gasteiger charge is 2.62. The van der Waals surface area contributed by atoms with E-state index in [0.717, 1.165) is 17.2 Å². The molecule has 56 heavy (non-hydrogen) atoms. The first-order chi connectivity index (χ1) is 26.4. The molecule has 2 amide bonds. The highest BCUT2D eigenvalue weighted by Crippen LogP contribution is 2.57. The number of ketones is 1. The number of nitrogens with one attached hydrogen (secondary N) is 1. The van der Waals surface area contributed by atoms with Gasteiger partial charge in [-0.05, 0) is 114 Å². The molecule has 2 saturated carbocycles. The number of benzene rings is 1. The lowest BCUT2D eigenvalue weighted by Crippen LogP contribution is -2.48. The van der Waals surface area contributed by atoms with Gasteiger partial charge in [0, 0.05) is 38.1 Å². The highest BCUT2D eigenvalue weighted by atomic mass is 32.2. The van der Waals surface area contributed by atoms with E-state index in [1.165, 1.54) is 4.90 Å². The minimum absolute atomic E-state index is 0.0266. The van der Waals surface area contributed by atoms with Crippen molar-refractivity contribution in [1.29, 1.82) is 0 Å². The van der Waals surface area contributed by atoms with Gasteiger partial charge in [0.1, 0.15) is 17.5 Å². The van der Waals surface area contributed by atoms with E-state index >= 15 is 4.79 Å². The van der Waals surface area contributed by atoms with E-state index in [9.17, 15) is 22.8 Å². The molecule has 1 N–H and O–H groups in total. The molecular weight excluding hydrogens is 739 g/mol. The van der Waals surface area contributed by atoms with Crippen LogP contribution in [0.2, 0.25) is 0 Å². The number of hydrogen-bond donors (Lipinski definition) is 1. The van der Waals surface area contributed by atoms with Crippen molar-refractivity contribution >= 4 is 44.4 Å². The fourth-order valence-electron chi connectivity index (χ4n) is 8.36. The van der Waals surface area contributed by atoms with Crippen molar-refractivity contribution in [2.75, 3.05) is 27.4 Å². The Labute approximate surface area is 330 Å². The van der Waals surface area contributed by atoms with E-state index in [-0.39, 0.29) is 56.0 Å². The number of pyridine rings is 1. The Balaban J connectivity index is 1.37. The zero-order valence-electron chi connectivity index (χ0n) is 33.7. The summed E-state index contributed by atoms with van der Waals surface area (Å²) in [7, 11) is -0.812. The van der Waals surface area contributed by atoms with E-state index in [4.69, 9.17) is 18.9 Å². The van der Waals surface area contributed by atoms with Gasteiger partial charge in [0.05, 0.1) is 42.2 Å². The number of ether oxygens (including phenoxy) is 4. The van der Waals surface area contributed by atoms with Crippen LogP contribution in [0.1, 0.15) is 92.4 Å². The number of nitrogens with zero attached hydrogens (tertiary/aromatic N) is 2. The van der Waals surface area contributed by atoms with Crippen LogP contribution >= 0.6 is 0 Å². The highest BCUT2D eigenvalue weighted by molar-refractivity contribution is 7.91. The molecule has 0 unspecified atom stereocenters. The van der Waals surface area contributed by atoms with Crippen LogP contribution in [0, 0.1) is 29.1 Å². The molecule has 14 heteroatoms. The normalized spacial score (nSPS) is 29.9. The molecule has 0 radical (unpaired) electrons. The maximum Gasteiger partial charge on any atom is 0.307 e. The predicted octanol–water partition coefficient (Wildman–Crippen LogP) is 5.54. The second-order valence-corrected chi connectivity index (χ2v) is 19.8. The minimum Gasteiger partial charge on any atom is -0.497 e. The third-order valence-corrected chi connectivity index (χ3v) is 14.2. The number of aromatic nitrogens is 1. The number of sulfonamides is 1. The number of fused-ring (bicyclic) bond motifs is 3. The lowest BCUT2D eigenvalue weighted by atomic mass is 9.81. The van der Waals surface area contributed by atoms with E-state index in [1.807, 2.05) is 30.4 Å². The lowest BCUT2D eigenvalue weighted by molar-refractivity contribution is -0.160. The zero-order valence-corrected chi connectivity index (χ0v) is 34.5.